The number of nitrogens with zero attached hydrogens (tertiary/aromatic N) is 1. The number of nitriles is 1. The average molecular weight is 312 g/mol. The highest BCUT2D eigenvalue weighted by Gasteiger charge is 2.21. The summed E-state index contributed by atoms with van der Waals surface area (Å²) in [7, 11) is 0. The smallest absolute Gasteiger partial charge is 0.256 e. The number of thiophene rings is 1. The molecule has 0 aliphatic carbocycles. The minimum atomic E-state index is -0.180. The minimum Gasteiger partial charge on any atom is -0.312 e. The van der Waals surface area contributed by atoms with Gasteiger partial charge in [-0.2, -0.15) is 5.26 Å². The van der Waals surface area contributed by atoms with E-state index in [4.69, 9.17) is 0 Å². The first-order chi connectivity index (χ1) is 10.3. The highest BCUT2D eigenvalue weighted by atomic mass is 32.1. The third-order valence-electron chi connectivity index (χ3n) is 3.31. The molecular weight excluding hydrogens is 292 g/mol. The van der Waals surface area contributed by atoms with Crippen LogP contribution in [0.25, 0.3) is 0 Å². The van der Waals surface area contributed by atoms with Gasteiger partial charge < -0.3 is 5.32 Å². The fourth-order valence-electron chi connectivity index (χ4n) is 2.20. The van der Waals surface area contributed by atoms with Crippen LogP contribution in [0.5, 0.6) is 0 Å². The largest absolute Gasteiger partial charge is 0.312 e. The Labute approximate surface area is 135 Å². The Hall–Kier alpha value is -2.12. The van der Waals surface area contributed by atoms with Crippen LogP contribution in [0.1, 0.15) is 47.1 Å². The zero-order chi connectivity index (χ0) is 16.3. The number of hydrogen-bond acceptors (Lipinski definition) is 3. The Kier molecular flexibility index (Phi) is 4.68. The summed E-state index contributed by atoms with van der Waals surface area (Å²) >= 11 is 1.51. The summed E-state index contributed by atoms with van der Waals surface area (Å²) in [5.41, 5.74) is 2.29. The summed E-state index contributed by atoms with van der Waals surface area (Å²) in [6.45, 7) is 8.45. The standard InChI is InChI=1S/C18H20N2OS/c1-12-14(11-19)17(22-15(12)10-18(2,3)4)20-16(21)13-8-6-5-7-9-13/h5-9H,10H2,1-4H3,(H,20,21). The van der Waals surface area contributed by atoms with Crippen molar-refractivity contribution in [1.82, 2.24) is 0 Å². The van der Waals surface area contributed by atoms with Crippen LogP contribution in [0, 0.1) is 23.7 Å². The summed E-state index contributed by atoms with van der Waals surface area (Å²) in [5, 5.41) is 12.9. The van der Waals surface area contributed by atoms with Crippen molar-refractivity contribution >= 4 is 22.2 Å². The van der Waals surface area contributed by atoms with E-state index in [1.807, 2.05) is 25.1 Å². The Balaban J connectivity index is 2.30. The number of carbonyl (C=O) groups excluding carboxylic acids is 1. The molecule has 0 unspecified atom stereocenters. The van der Waals surface area contributed by atoms with Crippen LogP contribution in [0.3, 0.4) is 0 Å². The van der Waals surface area contributed by atoms with Gasteiger partial charge in [-0.3, -0.25) is 4.79 Å². The van der Waals surface area contributed by atoms with E-state index in [9.17, 15) is 10.1 Å². The Morgan fingerprint density at radius 2 is 1.91 bits per heavy atom. The second-order valence-corrected chi connectivity index (χ2v) is 7.63. The maximum absolute atomic E-state index is 12.3. The quantitative estimate of drug-likeness (QED) is 0.887. The predicted octanol–water partition coefficient (Wildman–Crippen LogP) is 4.77. The van der Waals surface area contributed by atoms with Gasteiger partial charge >= 0.3 is 0 Å². The number of hydrogen-bond donors (Lipinski definition) is 1. The van der Waals surface area contributed by atoms with Crippen molar-refractivity contribution in [2.45, 2.75) is 34.1 Å². The first-order valence-electron chi connectivity index (χ1n) is 7.20. The number of carbonyl (C=O) groups is 1. The van der Waals surface area contributed by atoms with E-state index in [-0.39, 0.29) is 11.3 Å². The molecule has 1 amide bonds. The Bertz CT molecular complexity index is 718. The maximum Gasteiger partial charge on any atom is 0.256 e. The van der Waals surface area contributed by atoms with E-state index in [1.54, 1.807) is 12.1 Å². The summed E-state index contributed by atoms with van der Waals surface area (Å²) in [6.07, 6.45) is 0.888. The lowest BCUT2D eigenvalue weighted by molar-refractivity contribution is 0.102. The Morgan fingerprint density at radius 3 is 2.45 bits per heavy atom. The number of nitrogens with one attached hydrogen (secondary N) is 1. The molecule has 22 heavy (non-hydrogen) atoms. The van der Waals surface area contributed by atoms with E-state index >= 15 is 0 Å². The van der Waals surface area contributed by atoms with Gasteiger partial charge in [-0.1, -0.05) is 39.0 Å². The first-order valence-corrected chi connectivity index (χ1v) is 8.02. The molecule has 0 saturated carbocycles. The van der Waals surface area contributed by atoms with Gasteiger partial charge in [-0.25, -0.2) is 0 Å². The third-order valence-corrected chi connectivity index (χ3v) is 4.52. The molecular formula is C18H20N2OS. The maximum atomic E-state index is 12.3. The van der Waals surface area contributed by atoms with Crippen molar-refractivity contribution < 1.29 is 4.79 Å². The van der Waals surface area contributed by atoms with Gasteiger partial charge in [0.25, 0.3) is 5.91 Å². The Morgan fingerprint density at radius 1 is 1.27 bits per heavy atom. The predicted molar refractivity (Wildman–Crippen MR) is 91.3 cm³/mol. The molecule has 0 radical (unpaired) electrons. The van der Waals surface area contributed by atoms with Gasteiger partial charge in [0.2, 0.25) is 0 Å². The number of anilines is 1. The van der Waals surface area contributed by atoms with Crippen molar-refractivity contribution in [2.24, 2.45) is 5.41 Å². The molecule has 1 aromatic carbocycles. The van der Waals surface area contributed by atoms with E-state index in [0.717, 1.165) is 16.9 Å². The van der Waals surface area contributed by atoms with Gasteiger partial charge in [0, 0.05) is 10.4 Å². The molecule has 2 rings (SSSR count). The fraction of sp³-hybridized carbons (Fsp3) is 0.333. The van der Waals surface area contributed by atoms with E-state index in [1.165, 1.54) is 11.3 Å². The second kappa shape index (κ2) is 6.33. The summed E-state index contributed by atoms with van der Waals surface area (Å²) < 4.78 is 0. The number of benzene rings is 1. The highest BCUT2D eigenvalue weighted by molar-refractivity contribution is 7.16. The number of amides is 1. The van der Waals surface area contributed by atoms with E-state index < -0.39 is 0 Å². The van der Waals surface area contributed by atoms with Crippen molar-refractivity contribution in [1.29, 1.82) is 5.26 Å². The molecule has 0 aliphatic rings. The van der Waals surface area contributed by atoms with Crippen LogP contribution in [-0.4, -0.2) is 5.91 Å². The number of rotatable bonds is 3. The van der Waals surface area contributed by atoms with E-state index in [0.29, 0.717) is 16.1 Å². The molecule has 1 N–H and O–H groups in total. The molecule has 0 atom stereocenters. The van der Waals surface area contributed by atoms with Crippen molar-refractivity contribution in [3.8, 4) is 6.07 Å². The molecule has 0 bridgehead atoms. The molecule has 0 spiro atoms. The van der Waals surface area contributed by atoms with Crippen LogP contribution in [0.2, 0.25) is 0 Å². The average Bonchev–Trinajstić information content (AvgIpc) is 2.73. The second-order valence-electron chi connectivity index (χ2n) is 6.52. The zero-order valence-electron chi connectivity index (χ0n) is 13.4. The van der Waals surface area contributed by atoms with Crippen molar-refractivity contribution in [2.75, 3.05) is 5.32 Å². The van der Waals surface area contributed by atoms with Crippen molar-refractivity contribution in [3.05, 3.63) is 51.9 Å². The molecule has 1 aromatic heterocycles. The lowest BCUT2D eigenvalue weighted by Gasteiger charge is -2.17. The SMILES string of the molecule is Cc1c(CC(C)(C)C)sc(NC(=O)c2ccccc2)c1C#N. The summed E-state index contributed by atoms with van der Waals surface area (Å²) in [5.74, 6) is -0.180. The van der Waals surface area contributed by atoms with Crippen molar-refractivity contribution in [3.63, 3.8) is 0 Å². The van der Waals surface area contributed by atoms with E-state index in [2.05, 4.69) is 32.2 Å². The van der Waals surface area contributed by atoms with Crippen LogP contribution in [0.4, 0.5) is 5.00 Å². The topological polar surface area (TPSA) is 52.9 Å². The molecule has 0 saturated heterocycles. The normalized spacial score (nSPS) is 11.0. The first kappa shape index (κ1) is 16.3. The zero-order valence-corrected chi connectivity index (χ0v) is 14.2. The van der Waals surface area contributed by atoms with Gasteiger partial charge in [0.1, 0.15) is 11.1 Å². The molecule has 0 fully saturated rings. The molecule has 114 valence electrons. The van der Waals surface area contributed by atoms with Gasteiger partial charge in [0.15, 0.2) is 0 Å². The fourth-order valence-corrected chi connectivity index (χ4v) is 3.65. The molecule has 3 nitrogen and oxygen atoms in total. The lowest BCUT2D eigenvalue weighted by atomic mass is 9.90. The monoisotopic (exact) mass is 312 g/mol. The minimum absolute atomic E-state index is 0.142. The summed E-state index contributed by atoms with van der Waals surface area (Å²) in [6, 6.07) is 11.3. The molecule has 1 heterocycles. The van der Waals surface area contributed by atoms with Crippen LogP contribution < -0.4 is 5.32 Å². The van der Waals surface area contributed by atoms with Gasteiger partial charge in [-0.15, -0.1) is 11.3 Å². The van der Waals surface area contributed by atoms with Gasteiger partial charge in [0.05, 0.1) is 5.56 Å². The highest BCUT2D eigenvalue weighted by Crippen LogP contribution is 2.36. The third kappa shape index (κ3) is 3.75. The molecule has 2 aromatic rings. The lowest BCUT2D eigenvalue weighted by Crippen LogP contribution is -2.11. The molecule has 4 heteroatoms. The van der Waals surface area contributed by atoms with Crippen LogP contribution in [-0.2, 0) is 6.42 Å². The molecule has 0 aliphatic heterocycles. The van der Waals surface area contributed by atoms with Crippen LogP contribution in [0.15, 0.2) is 30.3 Å². The van der Waals surface area contributed by atoms with Crippen LogP contribution >= 0.6 is 11.3 Å². The van der Waals surface area contributed by atoms with Gasteiger partial charge in [-0.05, 0) is 36.5 Å². The summed E-state index contributed by atoms with van der Waals surface area (Å²) in [4.78, 5) is 13.4.